The molecular weight excluding hydrogens is 390 g/mol. The molecule has 7 heteroatoms. The number of benzene rings is 1. The molecule has 0 aliphatic carbocycles. The lowest BCUT2D eigenvalue weighted by molar-refractivity contribution is 0.0996. The van der Waals surface area contributed by atoms with Gasteiger partial charge in [0.05, 0.1) is 6.54 Å². The molecule has 5 rings (SSSR count). The molecule has 0 bridgehead atoms. The Morgan fingerprint density at radius 3 is 2.39 bits per heavy atom. The molecule has 2 aliphatic heterocycles. The van der Waals surface area contributed by atoms with Crippen molar-refractivity contribution in [2.45, 2.75) is 25.3 Å². The second-order valence-electron chi connectivity index (χ2n) is 8.39. The number of hydrogen-bond acceptors (Lipinski definition) is 5. The van der Waals surface area contributed by atoms with Gasteiger partial charge in [-0.3, -0.25) is 24.0 Å². The molecule has 158 valence electrons. The van der Waals surface area contributed by atoms with E-state index in [1.54, 1.807) is 28.9 Å². The Morgan fingerprint density at radius 1 is 0.968 bits per heavy atom. The van der Waals surface area contributed by atoms with Crippen molar-refractivity contribution in [2.24, 2.45) is 7.05 Å². The monoisotopic (exact) mass is 415 g/mol. The van der Waals surface area contributed by atoms with E-state index < -0.39 is 0 Å². The van der Waals surface area contributed by atoms with Crippen molar-refractivity contribution in [2.75, 3.05) is 25.0 Å². The summed E-state index contributed by atoms with van der Waals surface area (Å²) in [6.45, 7) is 2.33. The van der Waals surface area contributed by atoms with E-state index in [4.69, 9.17) is 4.98 Å². The maximum Gasteiger partial charge on any atom is 0.277 e. The average Bonchev–Trinajstić information content (AvgIpc) is 3.13. The van der Waals surface area contributed by atoms with Crippen molar-refractivity contribution in [3.8, 4) is 11.3 Å². The zero-order chi connectivity index (χ0) is 21.5. The van der Waals surface area contributed by atoms with Crippen LogP contribution in [0.15, 0.2) is 53.6 Å². The largest absolute Gasteiger partial charge is 0.306 e. The molecule has 7 nitrogen and oxygen atoms in total. The summed E-state index contributed by atoms with van der Waals surface area (Å²) in [6, 6.07) is 11.2. The number of likely N-dealkylation sites (tertiary alicyclic amines) is 1. The summed E-state index contributed by atoms with van der Waals surface area (Å²) >= 11 is 0. The van der Waals surface area contributed by atoms with Gasteiger partial charge in [-0.05, 0) is 56.7 Å². The molecule has 1 fully saturated rings. The molecule has 0 spiro atoms. The van der Waals surface area contributed by atoms with E-state index in [0.29, 0.717) is 23.5 Å². The summed E-state index contributed by atoms with van der Waals surface area (Å²) in [5, 5.41) is 0. The Morgan fingerprint density at radius 2 is 1.68 bits per heavy atom. The predicted octanol–water partition coefficient (Wildman–Crippen LogP) is 2.81. The van der Waals surface area contributed by atoms with E-state index in [-0.39, 0.29) is 17.4 Å². The number of amides is 1. The van der Waals surface area contributed by atoms with Crippen LogP contribution in [-0.4, -0.2) is 45.5 Å². The Labute approximate surface area is 181 Å². The molecule has 2 aromatic heterocycles. The predicted molar refractivity (Wildman–Crippen MR) is 119 cm³/mol. The van der Waals surface area contributed by atoms with Crippen LogP contribution in [0.4, 0.5) is 5.69 Å². The molecule has 1 saturated heterocycles. The van der Waals surface area contributed by atoms with Crippen LogP contribution < -0.4 is 10.5 Å². The van der Waals surface area contributed by atoms with Crippen molar-refractivity contribution in [3.63, 3.8) is 0 Å². The molecule has 31 heavy (non-hydrogen) atoms. The highest BCUT2D eigenvalue weighted by molar-refractivity contribution is 6.11. The molecule has 0 N–H and O–H groups in total. The van der Waals surface area contributed by atoms with Gasteiger partial charge >= 0.3 is 0 Å². The summed E-state index contributed by atoms with van der Waals surface area (Å²) in [5.41, 5.74) is 3.07. The molecule has 0 saturated carbocycles. The first-order valence-electron chi connectivity index (χ1n) is 10.6. The van der Waals surface area contributed by atoms with Crippen molar-refractivity contribution >= 4 is 11.6 Å². The smallest absolute Gasteiger partial charge is 0.277 e. The minimum absolute atomic E-state index is 0.156. The van der Waals surface area contributed by atoms with Crippen molar-refractivity contribution in [3.05, 3.63) is 76.1 Å². The van der Waals surface area contributed by atoms with Gasteiger partial charge in [-0.15, -0.1) is 0 Å². The summed E-state index contributed by atoms with van der Waals surface area (Å²) in [4.78, 5) is 39.9. The summed E-state index contributed by atoms with van der Waals surface area (Å²) in [6.07, 6.45) is 5.29. The van der Waals surface area contributed by atoms with Crippen LogP contribution in [0, 0.1) is 0 Å². The topological polar surface area (TPSA) is 71.3 Å². The maximum atomic E-state index is 13.7. The van der Waals surface area contributed by atoms with Gasteiger partial charge in [-0.25, -0.2) is 4.98 Å². The van der Waals surface area contributed by atoms with Gasteiger partial charge in [0.25, 0.3) is 11.5 Å². The maximum absolute atomic E-state index is 13.7. The van der Waals surface area contributed by atoms with Crippen molar-refractivity contribution in [1.82, 2.24) is 19.4 Å². The molecule has 4 heterocycles. The second-order valence-corrected chi connectivity index (χ2v) is 8.39. The number of anilines is 1. The number of carbonyl (C=O) groups excluding carboxylic acids is 1. The van der Waals surface area contributed by atoms with Gasteiger partial charge < -0.3 is 4.90 Å². The highest BCUT2D eigenvalue weighted by atomic mass is 16.2. The Hall–Kier alpha value is -3.32. The minimum Gasteiger partial charge on any atom is -0.306 e. The number of rotatable bonds is 3. The van der Waals surface area contributed by atoms with Gasteiger partial charge in [0.15, 0.2) is 0 Å². The Bertz CT molecular complexity index is 1200. The molecule has 0 radical (unpaired) electrons. The third kappa shape index (κ3) is 3.35. The fourth-order valence-corrected chi connectivity index (χ4v) is 4.63. The van der Waals surface area contributed by atoms with Gasteiger partial charge in [-0.1, -0.05) is 18.2 Å². The van der Waals surface area contributed by atoms with Gasteiger partial charge in [0.2, 0.25) is 0 Å². The minimum atomic E-state index is -0.183. The first-order valence-corrected chi connectivity index (χ1v) is 10.6. The highest BCUT2D eigenvalue weighted by Crippen LogP contribution is 2.34. The fourth-order valence-electron chi connectivity index (χ4n) is 4.63. The first-order chi connectivity index (χ1) is 15.0. The van der Waals surface area contributed by atoms with Gasteiger partial charge in [-0.2, -0.15) is 0 Å². The van der Waals surface area contributed by atoms with Crippen LogP contribution in [0.3, 0.4) is 0 Å². The summed E-state index contributed by atoms with van der Waals surface area (Å²) < 4.78 is 1.65. The summed E-state index contributed by atoms with van der Waals surface area (Å²) in [7, 11) is 3.89. The zero-order valence-corrected chi connectivity index (χ0v) is 17.8. The van der Waals surface area contributed by atoms with E-state index >= 15 is 0 Å². The van der Waals surface area contributed by atoms with Crippen LogP contribution >= 0.6 is 0 Å². The van der Waals surface area contributed by atoms with Crippen molar-refractivity contribution in [1.29, 1.82) is 0 Å². The number of aromatic nitrogens is 3. The van der Waals surface area contributed by atoms with E-state index in [1.807, 2.05) is 36.4 Å². The number of pyridine rings is 1. The Kier molecular flexibility index (Phi) is 4.90. The van der Waals surface area contributed by atoms with E-state index in [1.165, 1.54) is 0 Å². The first kappa shape index (κ1) is 19.6. The van der Waals surface area contributed by atoms with Crippen LogP contribution in [0.5, 0.6) is 0 Å². The molecule has 2 aliphatic rings. The lowest BCUT2D eigenvalue weighted by atomic mass is 9.95. The molecule has 3 aromatic rings. The summed E-state index contributed by atoms with van der Waals surface area (Å²) in [5.74, 6) is 0.852. The molecule has 0 unspecified atom stereocenters. The third-order valence-electron chi connectivity index (χ3n) is 6.43. The SMILES string of the molecule is CN1CCC(c2nc(-c3ccncc3)c(N3Cc4ccccc4C3=O)c(=O)n2C)CC1. The standard InChI is InChI=1S/C24H25N5O2/c1-27-13-9-17(10-14-27)22-26-20(16-7-11-25-12-8-16)21(24(31)28(22)2)29-15-18-5-3-4-6-19(18)23(29)30/h3-8,11-12,17H,9-10,13-15H2,1-2H3. The normalized spacial score (nSPS) is 17.2. The number of carbonyl (C=O) groups is 1. The highest BCUT2D eigenvalue weighted by Gasteiger charge is 2.34. The quantitative estimate of drug-likeness (QED) is 0.658. The van der Waals surface area contributed by atoms with E-state index in [2.05, 4.69) is 16.9 Å². The van der Waals surface area contributed by atoms with Gasteiger partial charge in [0, 0.05) is 36.5 Å². The number of fused-ring (bicyclic) bond motifs is 1. The molecule has 0 atom stereocenters. The third-order valence-corrected chi connectivity index (χ3v) is 6.43. The number of nitrogens with zero attached hydrogens (tertiary/aromatic N) is 5. The van der Waals surface area contributed by atoms with Crippen molar-refractivity contribution < 1.29 is 4.79 Å². The Balaban J connectivity index is 1.67. The zero-order valence-electron chi connectivity index (χ0n) is 17.8. The van der Waals surface area contributed by atoms with Crippen LogP contribution in [0.1, 0.15) is 40.5 Å². The lowest BCUT2D eigenvalue weighted by Gasteiger charge is -2.30. The second kappa shape index (κ2) is 7.74. The van der Waals surface area contributed by atoms with E-state index in [0.717, 1.165) is 42.9 Å². The molecular formula is C24H25N5O2. The van der Waals surface area contributed by atoms with E-state index in [9.17, 15) is 9.59 Å². The van der Waals surface area contributed by atoms with Crippen LogP contribution in [-0.2, 0) is 13.6 Å². The lowest BCUT2D eigenvalue weighted by Crippen LogP contribution is -2.37. The molecule has 1 aromatic carbocycles. The number of piperidine rings is 1. The van der Waals surface area contributed by atoms with Gasteiger partial charge in [0.1, 0.15) is 17.2 Å². The van der Waals surface area contributed by atoms with Crippen LogP contribution in [0.25, 0.3) is 11.3 Å². The average molecular weight is 415 g/mol. The number of hydrogen-bond donors (Lipinski definition) is 0. The van der Waals surface area contributed by atoms with Crippen LogP contribution in [0.2, 0.25) is 0 Å². The fraction of sp³-hybridized carbons (Fsp3) is 0.333. The molecule has 1 amide bonds.